The van der Waals surface area contributed by atoms with Crippen molar-refractivity contribution in [2.45, 2.75) is 58.9 Å². The minimum absolute atomic E-state index is 0.0648. The van der Waals surface area contributed by atoms with Gasteiger partial charge in [0.25, 0.3) is 0 Å². The normalized spacial score (nSPS) is 19.5. The van der Waals surface area contributed by atoms with Gasteiger partial charge < -0.3 is 5.32 Å². The van der Waals surface area contributed by atoms with E-state index in [-0.39, 0.29) is 17.3 Å². The Labute approximate surface area is 123 Å². The number of nitrogens with one attached hydrogen (secondary N) is 1. The van der Waals surface area contributed by atoms with Gasteiger partial charge in [0, 0.05) is 11.6 Å². The summed E-state index contributed by atoms with van der Waals surface area (Å²) in [5, 5.41) is 3.43. The van der Waals surface area contributed by atoms with E-state index in [1.54, 1.807) is 6.07 Å². The SMILES string of the molecule is CNC(c1cc(C)ccc1F)C1(CC(C)C)CCCC1. The first-order valence-electron chi connectivity index (χ1n) is 7.92. The lowest BCUT2D eigenvalue weighted by Gasteiger charge is -2.39. The van der Waals surface area contributed by atoms with Crippen LogP contribution in [0, 0.1) is 24.1 Å². The Morgan fingerprint density at radius 1 is 1.25 bits per heavy atom. The third-order valence-corrected chi connectivity index (χ3v) is 4.78. The zero-order valence-corrected chi connectivity index (χ0v) is 13.3. The van der Waals surface area contributed by atoms with Crippen molar-refractivity contribution in [3.8, 4) is 0 Å². The van der Waals surface area contributed by atoms with Crippen LogP contribution in [0.4, 0.5) is 4.39 Å². The van der Waals surface area contributed by atoms with E-state index < -0.39 is 0 Å². The summed E-state index contributed by atoms with van der Waals surface area (Å²) in [5.74, 6) is 0.585. The zero-order valence-electron chi connectivity index (χ0n) is 13.3. The maximum Gasteiger partial charge on any atom is 0.128 e. The Hall–Kier alpha value is -0.890. The standard InChI is InChI=1S/C18H28FN/c1-13(2)12-18(9-5-6-10-18)17(20-4)15-11-14(3)7-8-16(15)19/h7-8,11,13,17,20H,5-6,9-10,12H2,1-4H3. The van der Waals surface area contributed by atoms with Crippen molar-refractivity contribution in [2.75, 3.05) is 7.05 Å². The summed E-state index contributed by atoms with van der Waals surface area (Å²) in [5.41, 5.74) is 2.21. The average molecular weight is 277 g/mol. The first kappa shape index (κ1) is 15.5. The predicted molar refractivity (Wildman–Crippen MR) is 83.3 cm³/mol. The van der Waals surface area contributed by atoms with Gasteiger partial charge in [-0.1, -0.05) is 44.4 Å². The van der Waals surface area contributed by atoms with Crippen molar-refractivity contribution in [3.63, 3.8) is 0 Å². The topological polar surface area (TPSA) is 12.0 Å². The highest BCUT2D eigenvalue weighted by Crippen LogP contribution is 2.51. The second-order valence-electron chi connectivity index (χ2n) is 6.91. The Morgan fingerprint density at radius 3 is 2.45 bits per heavy atom. The van der Waals surface area contributed by atoms with Crippen molar-refractivity contribution >= 4 is 0 Å². The molecule has 0 saturated heterocycles. The van der Waals surface area contributed by atoms with E-state index in [4.69, 9.17) is 0 Å². The van der Waals surface area contributed by atoms with Gasteiger partial charge in [0.15, 0.2) is 0 Å². The van der Waals surface area contributed by atoms with Gasteiger partial charge in [0.2, 0.25) is 0 Å². The van der Waals surface area contributed by atoms with Crippen LogP contribution in [0.25, 0.3) is 0 Å². The first-order valence-corrected chi connectivity index (χ1v) is 7.92. The van der Waals surface area contributed by atoms with E-state index in [1.165, 1.54) is 32.1 Å². The molecule has 1 atom stereocenters. The quantitative estimate of drug-likeness (QED) is 0.798. The summed E-state index contributed by atoms with van der Waals surface area (Å²) >= 11 is 0. The molecule has 0 radical (unpaired) electrons. The summed E-state index contributed by atoms with van der Waals surface area (Å²) in [7, 11) is 1.98. The van der Waals surface area contributed by atoms with E-state index in [9.17, 15) is 4.39 Å². The molecule has 1 aromatic rings. The van der Waals surface area contributed by atoms with Crippen molar-refractivity contribution in [3.05, 3.63) is 35.1 Å². The molecule has 0 aromatic heterocycles. The van der Waals surface area contributed by atoms with Crippen LogP contribution in [0.5, 0.6) is 0 Å². The molecule has 1 unspecified atom stereocenters. The number of aryl methyl sites for hydroxylation is 1. The molecule has 0 bridgehead atoms. The second-order valence-corrected chi connectivity index (χ2v) is 6.91. The third-order valence-electron chi connectivity index (χ3n) is 4.78. The Morgan fingerprint density at radius 2 is 1.90 bits per heavy atom. The van der Waals surface area contributed by atoms with Crippen LogP contribution in [0.3, 0.4) is 0 Å². The van der Waals surface area contributed by atoms with E-state index in [1.807, 2.05) is 26.1 Å². The molecule has 1 nitrogen and oxygen atoms in total. The van der Waals surface area contributed by atoms with Gasteiger partial charge >= 0.3 is 0 Å². The first-order chi connectivity index (χ1) is 9.48. The minimum atomic E-state index is -0.0648. The highest BCUT2D eigenvalue weighted by atomic mass is 19.1. The molecule has 2 rings (SSSR count). The molecule has 20 heavy (non-hydrogen) atoms. The average Bonchev–Trinajstić information content (AvgIpc) is 2.83. The molecule has 1 fully saturated rings. The smallest absolute Gasteiger partial charge is 0.128 e. The molecular weight excluding hydrogens is 249 g/mol. The molecule has 1 aliphatic carbocycles. The molecule has 1 N–H and O–H groups in total. The van der Waals surface area contributed by atoms with Crippen LogP contribution >= 0.6 is 0 Å². The highest BCUT2D eigenvalue weighted by molar-refractivity contribution is 5.29. The Balaban J connectivity index is 2.40. The summed E-state index contributed by atoms with van der Waals surface area (Å²) in [6, 6.07) is 5.63. The molecule has 0 heterocycles. The molecular formula is C18H28FN. The lowest BCUT2D eigenvalue weighted by molar-refractivity contribution is 0.159. The predicted octanol–water partition coefficient (Wildman–Crippen LogP) is 5.00. The number of hydrogen-bond acceptors (Lipinski definition) is 1. The van der Waals surface area contributed by atoms with Crippen molar-refractivity contribution < 1.29 is 4.39 Å². The summed E-state index contributed by atoms with van der Waals surface area (Å²) in [4.78, 5) is 0. The molecule has 112 valence electrons. The number of halogens is 1. The fourth-order valence-electron chi connectivity index (χ4n) is 4.18. The van der Waals surface area contributed by atoms with Gasteiger partial charge in [0.05, 0.1) is 0 Å². The van der Waals surface area contributed by atoms with Crippen LogP contribution in [0.2, 0.25) is 0 Å². The monoisotopic (exact) mass is 277 g/mol. The van der Waals surface area contributed by atoms with Crippen LogP contribution < -0.4 is 5.32 Å². The van der Waals surface area contributed by atoms with Crippen LogP contribution in [0.1, 0.15) is 63.1 Å². The Kier molecular flexibility index (Phi) is 4.85. The largest absolute Gasteiger partial charge is 0.312 e. The molecule has 0 aliphatic heterocycles. The zero-order chi connectivity index (χ0) is 14.8. The van der Waals surface area contributed by atoms with Crippen LogP contribution in [-0.4, -0.2) is 7.05 Å². The van der Waals surface area contributed by atoms with Gasteiger partial charge in [-0.3, -0.25) is 0 Å². The number of hydrogen-bond donors (Lipinski definition) is 1. The van der Waals surface area contributed by atoms with Gasteiger partial charge in [-0.2, -0.15) is 0 Å². The summed E-state index contributed by atoms with van der Waals surface area (Å²) in [6.45, 7) is 6.60. The van der Waals surface area contributed by atoms with Gasteiger partial charge in [-0.25, -0.2) is 4.39 Å². The van der Waals surface area contributed by atoms with E-state index in [2.05, 4.69) is 19.2 Å². The summed E-state index contributed by atoms with van der Waals surface area (Å²) in [6.07, 6.45) is 6.15. The fourth-order valence-corrected chi connectivity index (χ4v) is 4.18. The maximum atomic E-state index is 14.3. The van der Waals surface area contributed by atoms with E-state index in [0.717, 1.165) is 11.1 Å². The lowest BCUT2D eigenvalue weighted by Crippen LogP contribution is -2.36. The van der Waals surface area contributed by atoms with Crippen LogP contribution in [0.15, 0.2) is 18.2 Å². The highest BCUT2D eigenvalue weighted by Gasteiger charge is 2.42. The number of rotatable bonds is 5. The summed E-state index contributed by atoms with van der Waals surface area (Å²) < 4.78 is 14.3. The fraction of sp³-hybridized carbons (Fsp3) is 0.667. The van der Waals surface area contributed by atoms with Crippen molar-refractivity contribution in [2.24, 2.45) is 11.3 Å². The molecule has 0 amide bonds. The number of benzene rings is 1. The molecule has 0 spiro atoms. The van der Waals surface area contributed by atoms with E-state index >= 15 is 0 Å². The molecule has 1 aromatic carbocycles. The second kappa shape index (κ2) is 6.26. The van der Waals surface area contributed by atoms with Gasteiger partial charge in [0.1, 0.15) is 5.82 Å². The minimum Gasteiger partial charge on any atom is -0.312 e. The van der Waals surface area contributed by atoms with Crippen LogP contribution in [-0.2, 0) is 0 Å². The molecule has 1 aliphatic rings. The lowest BCUT2D eigenvalue weighted by atomic mass is 9.70. The van der Waals surface area contributed by atoms with Gasteiger partial charge in [-0.15, -0.1) is 0 Å². The van der Waals surface area contributed by atoms with Crippen molar-refractivity contribution in [1.29, 1.82) is 0 Å². The van der Waals surface area contributed by atoms with Gasteiger partial charge in [-0.05, 0) is 50.6 Å². The molecule has 1 saturated carbocycles. The van der Waals surface area contributed by atoms with E-state index in [0.29, 0.717) is 5.92 Å². The van der Waals surface area contributed by atoms with Crippen molar-refractivity contribution in [1.82, 2.24) is 5.32 Å². The Bertz CT molecular complexity index is 447. The maximum absolute atomic E-state index is 14.3. The third kappa shape index (κ3) is 3.06. The molecule has 2 heteroatoms.